The number of rotatable bonds is 4. The molecule has 1 aliphatic carbocycles. The lowest BCUT2D eigenvalue weighted by Gasteiger charge is -2.20. The van der Waals surface area contributed by atoms with Crippen molar-refractivity contribution in [2.45, 2.75) is 44.9 Å². The lowest BCUT2D eigenvalue weighted by atomic mass is 9.86. The van der Waals surface area contributed by atoms with Crippen LogP contribution in [0.2, 0.25) is 0 Å². The second kappa shape index (κ2) is 5.20. The summed E-state index contributed by atoms with van der Waals surface area (Å²) >= 11 is 0. The van der Waals surface area contributed by atoms with E-state index in [-0.39, 0.29) is 5.75 Å². The van der Waals surface area contributed by atoms with Crippen molar-refractivity contribution in [2.24, 2.45) is 5.92 Å². The SMILES string of the molecule is O=S(=O)(Cl)CCCC1CCCCC1. The molecule has 13 heavy (non-hydrogen) atoms. The van der Waals surface area contributed by atoms with E-state index in [2.05, 4.69) is 0 Å². The average Bonchev–Trinajstić information content (AvgIpc) is 2.04. The highest BCUT2D eigenvalue weighted by atomic mass is 35.7. The summed E-state index contributed by atoms with van der Waals surface area (Å²) in [6.07, 6.45) is 8.31. The first-order valence-corrected chi connectivity index (χ1v) is 7.48. The molecule has 0 saturated heterocycles. The maximum Gasteiger partial charge on any atom is 0.232 e. The van der Waals surface area contributed by atoms with Crippen molar-refractivity contribution in [1.29, 1.82) is 0 Å². The van der Waals surface area contributed by atoms with E-state index in [0.717, 1.165) is 18.8 Å². The fourth-order valence-corrected chi connectivity index (χ4v) is 2.86. The summed E-state index contributed by atoms with van der Waals surface area (Å²) in [5.41, 5.74) is 0. The van der Waals surface area contributed by atoms with Crippen LogP contribution in [0.15, 0.2) is 0 Å². The summed E-state index contributed by atoms with van der Waals surface area (Å²) in [4.78, 5) is 0. The smallest absolute Gasteiger partial charge is 0.212 e. The van der Waals surface area contributed by atoms with Crippen molar-refractivity contribution in [2.75, 3.05) is 5.75 Å². The Labute approximate surface area is 85.1 Å². The van der Waals surface area contributed by atoms with Crippen molar-refractivity contribution in [3.05, 3.63) is 0 Å². The second-order valence-electron chi connectivity index (χ2n) is 3.89. The maximum absolute atomic E-state index is 10.6. The van der Waals surface area contributed by atoms with Crippen LogP contribution in [0.25, 0.3) is 0 Å². The van der Waals surface area contributed by atoms with Gasteiger partial charge < -0.3 is 0 Å². The molecule has 0 atom stereocenters. The van der Waals surface area contributed by atoms with Crippen molar-refractivity contribution in [3.63, 3.8) is 0 Å². The van der Waals surface area contributed by atoms with Crippen LogP contribution in [0, 0.1) is 5.92 Å². The average molecular weight is 225 g/mol. The van der Waals surface area contributed by atoms with Crippen LogP contribution in [0.3, 0.4) is 0 Å². The van der Waals surface area contributed by atoms with Gasteiger partial charge in [0.25, 0.3) is 0 Å². The number of halogens is 1. The summed E-state index contributed by atoms with van der Waals surface area (Å²) < 4.78 is 21.3. The van der Waals surface area contributed by atoms with E-state index in [0.29, 0.717) is 0 Å². The Hall–Kier alpha value is 0.240. The lowest BCUT2D eigenvalue weighted by molar-refractivity contribution is 0.337. The number of hydrogen-bond acceptors (Lipinski definition) is 2. The van der Waals surface area contributed by atoms with E-state index in [9.17, 15) is 8.42 Å². The summed E-state index contributed by atoms with van der Waals surface area (Å²) in [6, 6.07) is 0. The van der Waals surface area contributed by atoms with Gasteiger partial charge >= 0.3 is 0 Å². The van der Waals surface area contributed by atoms with Gasteiger partial charge in [-0.2, -0.15) is 0 Å². The zero-order chi connectivity index (χ0) is 9.73. The molecule has 0 N–H and O–H groups in total. The van der Waals surface area contributed by atoms with Crippen molar-refractivity contribution in [3.8, 4) is 0 Å². The van der Waals surface area contributed by atoms with E-state index in [1.54, 1.807) is 0 Å². The fraction of sp³-hybridized carbons (Fsp3) is 1.00. The van der Waals surface area contributed by atoms with E-state index in [4.69, 9.17) is 10.7 Å². The topological polar surface area (TPSA) is 34.1 Å². The molecule has 0 heterocycles. The van der Waals surface area contributed by atoms with Crippen LogP contribution in [0.1, 0.15) is 44.9 Å². The molecule has 0 unspecified atom stereocenters. The molecule has 0 amide bonds. The molecule has 0 aromatic carbocycles. The third-order valence-electron chi connectivity index (χ3n) is 2.73. The van der Waals surface area contributed by atoms with Crippen LogP contribution in [0.4, 0.5) is 0 Å². The van der Waals surface area contributed by atoms with Crippen LogP contribution in [-0.2, 0) is 9.05 Å². The highest BCUT2D eigenvalue weighted by molar-refractivity contribution is 8.13. The minimum Gasteiger partial charge on any atom is -0.212 e. The Morgan fingerprint density at radius 1 is 1.15 bits per heavy atom. The Morgan fingerprint density at radius 3 is 2.31 bits per heavy atom. The summed E-state index contributed by atoms with van der Waals surface area (Å²) in [6.45, 7) is 0. The van der Waals surface area contributed by atoms with Crippen molar-refractivity contribution < 1.29 is 8.42 Å². The standard InChI is InChI=1S/C9H17ClO2S/c10-13(11,12)8-4-7-9-5-2-1-3-6-9/h9H,1-8H2. The highest BCUT2D eigenvalue weighted by Crippen LogP contribution is 2.27. The quantitative estimate of drug-likeness (QED) is 0.689. The molecule has 78 valence electrons. The molecular weight excluding hydrogens is 208 g/mol. The van der Waals surface area contributed by atoms with Gasteiger partial charge in [0.05, 0.1) is 5.75 Å². The van der Waals surface area contributed by atoms with Crippen molar-refractivity contribution in [1.82, 2.24) is 0 Å². The molecule has 1 aliphatic rings. The van der Waals surface area contributed by atoms with Gasteiger partial charge in [-0.1, -0.05) is 32.1 Å². The summed E-state index contributed by atoms with van der Waals surface area (Å²) in [7, 11) is 1.87. The van der Waals surface area contributed by atoms with Gasteiger partial charge in [0.15, 0.2) is 0 Å². The van der Waals surface area contributed by atoms with Gasteiger partial charge in [-0.25, -0.2) is 8.42 Å². The lowest BCUT2D eigenvalue weighted by Crippen LogP contribution is -2.08. The zero-order valence-electron chi connectivity index (χ0n) is 7.84. The molecule has 0 spiro atoms. The summed E-state index contributed by atoms with van der Waals surface area (Å²) in [5, 5.41) is 0. The Kier molecular flexibility index (Phi) is 4.53. The Morgan fingerprint density at radius 2 is 1.77 bits per heavy atom. The monoisotopic (exact) mass is 224 g/mol. The van der Waals surface area contributed by atoms with Crippen LogP contribution in [-0.4, -0.2) is 14.2 Å². The third-order valence-corrected chi connectivity index (χ3v) is 3.96. The Balaban J connectivity index is 2.11. The third kappa shape index (κ3) is 5.53. The normalized spacial score (nSPS) is 20.4. The first kappa shape index (κ1) is 11.3. The molecule has 0 radical (unpaired) electrons. The number of hydrogen-bond donors (Lipinski definition) is 0. The summed E-state index contributed by atoms with van der Waals surface area (Å²) in [5.74, 6) is 0.901. The maximum atomic E-state index is 10.6. The van der Waals surface area contributed by atoms with E-state index in [1.807, 2.05) is 0 Å². The molecule has 1 rings (SSSR count). The first-order chi connectivity index (χ1) is 6.08. The molecule has 0 bridgehead atoms. The predicted molar refractivity (Wildman–Crippen MR) is 55.4 cm³/mol. The van der Waals surface area contributed by atoms with Gasteiger partial charge in [0.1, 0.15) is 0 Å². The van der Waals surface area contributed by atoms with E-state index in [1.165, 1.54) is 32.1 Å². The van der Waals surface area contributed by atoms with Crippen LogP contribution < -0.4 is 0 Å². The Bertz CT molecular complexity index is 230. The minimum absolute atomic E-state index is 0.144. The fourth-order valence-electron chi connectivity index (χ4n) is 2.02. The van der Waals surface area contributed by atoms with E-state index >= 15 is 0 Å². The van der Waals surface area contributed by atoms with Gasteiger partial charge in [-0.05, 0) is 18.8 Å². The molecule has 0 aromatic rings. The first-order valence-electron chi connectivity index (χ1n) is 5.00. The van der Waals surface area contributed by atoms with Crippen molar-refractivity contribution >= 4 is 19.7 Å². The predicted octanol–water partition coefficient (Wildman–Crippen LogP) is 2.92. The molecule has 1 fully saturated rings. The van der Waals surface area contributed by atoms with Crippen LogP contribution in [0.5, 0.6) is 0 Å². The van der Waals surface area contributed by atoms with Gasteiger partial charge in [-0.3, -0.25) is 0 Å². The highest BCUT2D eigenvalue weighted by Gasteiger charge is 2.14. The molecule has 2 nitrogen and oxygen atoms in total. The molecular formula is C9H17ClO2S. The minimum atomic E-state index is -3.25. The van der Waals surface area contributed by atoms with E-state index < -0.39 is 9.05 Å². The molecule has 4 heteroatoms. The van der Waals surface area contributed by atoms with Gasteiger partial charge in [-0.15, -0.1) is 0 Å². The largest absolute Gasteiger partial charge is 0.232 e. The molecule has 0 aliphatic heterocycles. The molecule has 1 saturated carbocycles. The zero-order valence-corrected chi connectivity index (χ0v) is 9.41. The van der Waals surface area contributed by atoms with Crippen LogP contribution >= 0.6 is 10.7 Å². The van der Waals surface area contributed by atoms with Gasteiger partial charge in [0, 0.05) is 10.7 Å². The second-order valence-corrected chi connectivity index (χ2v) is 6.79. The molecule has 0 aromatic heterocycles. The van der Waals surface area contributed by atoms with Gasteiger partial charge in [0.2, 0.25) is 9.05 Å².